The molecule has 0 aromatic heterocycles. The molecule has 2 atom stereocenters. The third kappa shape index (κ3) is 15.9. The summed E-state index contributed by atoms with van der Waals surface area (Å²) in [4.78, 5) is 0.908. The van der Waals surface area contributed by atoms with Crippen molar-refractivity contribution in [2.45, 2.75) is 50.0 Å². The average molecular weight is 620 g/mol. The fraction of sp³-hybridized carbons (Fsp3) is 0.421. The first kappa shape index (κ1) is 39.0. The van der Waals surface area contributed by atoms with Crippen molar-refractivity contribution in [3.8, 4) is 0 Å². The smallest absolute Gasteiger partial charge is 0 e. The zero-order chi connectivity index (χ0) is 23.6. The fourth-order valence-electron chi connectivity index (χ4n) is 3.17. The quantitative estimate of drug-likeness (QED) is 0.152. The van der Waals surface area contributed by atoms with Crippen molar-refractivity contribution in [1.82, 2.24) is 0 Å². The van der Waals surface area contributed by atoms with E-state index in [-0.39, 0.29) is 29.2 Å². The summed E-state index contributed by atoms with van der Waals surface area (Å²) >= 11 is 0. The van der Waals surface area contributed by atoms with Gasteiger partial charge in [0.15, 0.2) is 0 Å². The van der Waals surface area contributed by atoms with Crippen molar-refractivity contribution in [3.05, 3.63) is 69.1 Å². The molecule has 0 radical (unpaired) electrons. The third-order valence-corrected chi connectivity index (χ3v) is 19.7. The van der Waals surface area contributed by atoms with Crippen LogP contribution in [0.2, 0.25) is 39.3 Å². The summed E-state index contributed by atoms with van der Waals surface area (Å²) in [6.45, 7) is 37.6. The van der Waals surface area contributed by atoms with E-state index in [2.05, 4.69) is 103 Å². The van der Waals surface area contributed by atoms with Crippen molar-refractivity contribution in [2.24, 2.45) is 0 Å². The fourth-order valence-corrected chi connectivity index (χ4v) is 22.2. The Kier molecular flexibility index (Phi) is 29.7. The van der Waals surface area contributed by atoms with Gasteiger partial charge in [-0.25, -0.2) is 0 Å². The van der Waals surface area contributed by atoms with Gasteiger partial charge in [0, 0.05) is 21.1 Å². The molecular formula is C19H25O6PSi2W. The second kappa shape index (κ2) is 22.1. The summed E-state index contributed by atoms with van der Waals surface area (Å²) in [6.07, 6.45) is 0. The Labute approximate surface area is 191 Å². The van der Waals surface area contributed by atoms with E-state index in [4.69, 9.17) is 27.8 Å². The summed E-state index contributed by atoms with van der Waals surface area (Å²) in [5.74, 6) is 0.435. The maximum Gasteiger partial charge on any atom is 0 e. The predicted octanol–water partition coefficient (Wildman–Crippen LogP) is 5.05. The zero-order valence-electron chi connectivity index (χ0n) is 17.3. The average Bonchev–Trinajstić information content (AvgIpc) is 3.48. The molecule has 2 rings (SSSR count). The first-order valence-electron chi connectivity index (χ1n) is 7.73. The van der Waals surface area contributed by atoms with E-state index in [9.17, 15) is 0 Å². The number of benzene rings is 1. The van der Waals surface area contributed by atoms with Crippen LogP contribution in [0.5, 0.6) is 0 Å². The van der Waals surface area contributed by atoms with E-state index < -0.39 is 16.1 Å². The second-order valence-corrected chi connectivity index (χ2v) is 21.4. The van der Waals surface area contributed by atoms with E-state index in [1.165, 1.54) is 5.56 Å². The Morgan fingerprint density at radius 3 is 1.31 bits per heavy atom. The summed E-state index contributed by atoms with van der Waals surface area (Å²) in [5, 5.41) is 0. The van der Waals surface area contributed by atoms with Gasteiger partial charge in [0.25, 0.3) is 0 Å². The molecule has 1 aliphatic heterocycles. The van der Waals surface area contributed by atoms with Crippen LogP contribution in [0.25, 0.3) is 0 Å². The molecule has 156 valence electrons. The summed E-state index contributed by atoms with van der Waals surface area (Å²) in [6, 6.07) is 10.8. The number of rotatable bonds is 4. The van der Waals surface area contributed by atoms with Crippen molar-refractivity contribution in [1.29, 1.82) is 0 Å². The summed E-state index contributed by atoms with van der Waals surface area (Å²) in [5.41, 5.74) is 1.39. The Balaban J connectivity index is -0.000000153. The van der Waals surface area contributed by atoms with Crippen molar-refractivity contribution in [2.75, 3.05) is 0 Å². The van der Waals surface area contributed by atoms with Crippen LogP contribution in [0.4, 0.5) is 0 Å². The standard InChI is InChI=1S/C14H25OPSi2.5CO.W/c1-17(2,3)14(18(4,5)6)16-13(15-16)12-10-8-7-9-11-12;5*1-2;/h7-11,13-14H,1-6H3;;;;;;. The Bertz CT molecular complexity index is 569. The minimum absolute atomic E-state index is 0. The monoisotopic (exact) mass is 620 g/mol. The Hall–Kier alpha value is -0.568. The van der Waals surface area contributed by atoms with Crippen LogP contribution in [-0.4, -0.2) is 21.1 Å². The topological polar surface area (TPSA) is 112 Å². The molecule has 1 aromatic carbocycles. The third-order valence-electron chi connectivity index (χ3n) is 3.39. The van der Waals surface area contributed by atoms with Crippen LogP contribution in [0.15, 0.2) is 30.3 Å². The van der Waals surface area contributed by atoms with Gasteiger partial charge in [0.1, 0.15) is 5.85 Å². The van der Waals surface area contributed by atoms with Crippen molar-refractivity contribution >= 4 is 24.3 Å². The van der Waals surface area contributed by atoms with E-state index in [0.29, 0.717) is 5.85 Å². The largest absolute Gasteiger partial charge is 0 e. The molecular weight excluding hydrogens is 595 g/mol. The second-order valence-electron chi connectivity index (χ2n) is 7.36. The SMILES string of the molecule is C[Si](C)(C)C(P1OC1c1ccccc1)[Si](C)(C)C.[C-]#[O+].[C-]#[O+].[C-]#[O+].[C-]#[O+].[C-]#[O+].[W]. The Morgan fingerprint density at radius 2 is 1.03 bits per heavy atom. The summed E-state index contributed by atoms with van der Waals surface area (Å²) in [7, 11) is -2.47. The van der Waals surface area contributed by atoms with Gasteiger partial charge in [0.05, 0.1) is 24.3 Å². The molecule has 1 saturated heterocycles. The molecule has 1 fully saturated rings. The van der Waals surface area contributed by atoms with Gasteiger partial charge in [-0.2, -0.15) is 0 Å². The van der Waals surface area contributed by atoms with Crippen molar-refractivity contribution < 1.29 is 48.8 Å². The van der Waals surface area contributed by atoms with Crippen LogP contribution < -0.4 is 0 Å². The molecule has 0 spiro atoms. The molecule has 0 amide bonds. The summed E-state index contributed by atoms with van der Waals surface area (Å²) < 4.78 is 43.7. The van der Waals surface area contributed by atoms with Gasteiger partial charge < -0.3 is 4.52 Å². The first-order valence-corrected chi connectivity index (χ1v) is 16.3. The van der Waals surface area contributed by atoms with Gasteiger partial charge in [0.2, 0.25) is 0 Å². The molecule has 0 saturated carbocycles. The van der Waals surface area contributed by atoms with Gasteiger partial charge in [-0.3, -0.25) is 0 Å². The molecule has 6 nitrogen and oxygen atoms in total. The van der Waals surface area contributed by atoms with Crippen molar-refractivity contribution in [3.63, 3.8) is 0 Å². The number of hydrogen-bond acceptors (Lipinski definition) is 1. The van der Waals surface area contributed by atoms with Gasteiger partial charge in [-0.15, -0.1) is 0 Å². The molecule has 2 unspecified atom stereocenters. The van der Waals surface area contributed by atoms with Crippen LogP contribution in [0.1, 0.15) is 11.4 Å². The van der Waals surface area contributed by atoms with Gasteiger partial charge in [-0.1, -0.05) is 69.6 Å². The maximum atomic E-state index is 7.50. The molecule has 0 bridgehead atoms. The van der Waals surface area contributed by atoms with E-state index in [1.54, 1.807) is 0 Å². The van der Waals surface area contributed by atoms with E-state index in [0.717, 1.165) is 4.91 Å². The van der Waals surface area contributed by atoms with Crippen LogP contribution in [-0.2, 0) is 48.8 Å². The van der Waals surface area contributed by atoms with Crippen LogP contribution in [0, 0.1) is 33.3 Å². The van der Waals surface area contributed by atoms with Gasteiger partial charge >= 0.3 is 56.5 Å². The molecule has 1 aliphatic rings. The maximum absolute atomic E-state index is 7.50. The minimum Gasteiger partial charge on any atom is 0 e. The Morgan fingerprint density at radius 1 is 0.724 bits per heavy atom. The molecule has 1 heterocycles. The number of hydrogen-bond donors (Lipinski definition) is 0. The predicted molar refractivity (Wildman–Crippen MR) is 107 cm³/mol. The normalized spacial score (nSPS) is 15.5. The molecule has 10 heteroatoms. The molecule has 1 aromatic rings. The van der Waals surface area contributed by atoms with E-state index >= 15 is 0 Å². The molecule has 0 aliphatic carbocycles. The molecule has 29 heavy (non-hydrogen) atoms. The molecule has 0 N–H and O–H groups in total. The first-order chi connectivity index (χ1) is 13.2. The van der Waals surface area contributed by atoms with Crippen LogP contribution >= 0.6 is 8.15 Å². The van der Waals surface area contributed by atoms with Gasteiger partial charge in [-0.05, 0) is 10.5 Å². The van der Waals surface area contributed by atoms with E-state index in [1.807, 2.05) is 0 Å². The van der Waals surface area contributed by atoms with Crippen LogP contribution in [0.3, 0.4) is 0 Å². The zero-order valence-corrected chi connectivity index (χ0v) is 23.2. The minimum atomic E-state index is -1.13.